The zero-order valence-electron chi connectivity index (χ0n) is 26.6. The van der Waals surface area contributed by atoms with Gasteiger partial charge < -0.3 is 29.5 Å². The van der Waals surface area contributed by atoms with Crippen molar-refractivity contribution in [3.63, 3.8) is 0 Å². The third-order valence-electron chi connectivity index (χ3n) is 9.69. The van der Waals surface area contributed by atoms with Crippen molar-refractivity contribution in [1.82, 2.24) is 24.8 Å². The summed E-state index contributed by atoms with van der Waals surface area (Å²) < 4.78 is 46.8. The van der Waals surface area contributed by atoms with Gasteiger partial charge in [0.05, 0.1) is 44.2 Å². The largest absolute Gasteiger partial charge is 0.483 e. The highest BCUT2D eigenvalue weighted by atomic mass is 19.3. The molecule has 1 saturated carbocycles. The molecule has 2 N–H and O–H groups in total. The van der Waals surface area contributed by atoms with Gasteiger partial charge >= 0.3 is 5.92 Å². The topological polar surface area (TPSA) is 146 Å². The Hall–Kier alpha value is -4.45. The standard InChI is InChI=1S/C34H37F2N7O5/c1-46-30-25(21-7-13-42(14-8-21)24-18-47-19-24)3-5-29(40-30)41-32-38-12-6-26(39-32)22-2-4-27(23(16-22)17-37)48-28-9-15-43(20-34(28,35)36)31(44)33(45)10-11-33/h2-6,12,16,21,24,28,45H,7-11,13-15,18-20H2,1H3,(H,38,39,40,41). The van der Waals surface area contributed by atoms with Gasteiger partial charge in [-0.3, -0.25) is 9.69 Å². The van der Waals surface area contributed by atoms with Gasteiger partial charge in [-0.25, -0.2) is 18.7 Å². The van der Waals surface area contributed by atoms with Crippen LogP contribution in [0.4, 0.5) is 20.5 Å². The van der Waals surface area contributed by atoms with Crippen LogP contribution in [-0.4, -0.2) is 106 Å². The molecule has 3 saturated heterocycles. The predicted octanol–water partition coefficient (Wildman–Crippen LogP) is 3.88. The van der Waals surface area contributed by atoms with Crippen LogP contribution >= 0.6 is 0 Å². The molecule has 3 aromatic rings. The van der Waals surface area contributed by atoms with Gasteiger partial charge in [-0.1, -0.05) is 0 Å². The van der Waals surface area contributed by atoms with E-state index in [1.54, 1.807) is 25.4 Å². The molecule has 3 aliphatic heterocycles. The van der Waals surface area contributed by atoms with Gasteiger partial charge in [0, 0.05) is 30.3 Å². The van der Waals surface area contributed by atoms with Gasteiger partial charge in [0.2, 0.25) is 11.8 Å². The fourth-order valence-electron chi connectivity index (χ4n) is 6.60. The van der Waals surface area contributed by atoms with Crippen molar-refractivity contribution in [1.29, 1.82) is 5.26 Å². The van der Waals surface area contributed by atoms with E-state index in [-0.39, 0.29) is 43.1 Å². The first-order valence-electron chi connectivity index (χ1n) is 16.2. The number of halogens is 2. The van der Waals surface area contributed by atoms with Gasteiger partial charge in [-0.2, -0.15) is 10.2 Å². The number of alkyl halides is 2. The molecule has 1 unspecified atom stereocenters. The van der Waals surface area contributed by atoms with Crippen molar-refractivity contribution in [3.8, 4) is 29.0 Å². The summed E-state index contributed by atoms with van der Waals surface area (Å²) in [6.45, 7) is 2.84. The number of piperidine rings is 2. The lowest BCUT2D eigenvalue weighted by molar-refractivity contribution is -0.167. The molecule has 12 nitrogen and oxygen atoms in total. The zero-order valence-corrected chi connectivity index (χ0v) is 26.6. The van der Waals surface area contributed by atoms with Crippen molar-refractivity contribution in [3.05, 3.63) is 53.7 Å². The third kappa shape index (κ3) is 6.50. The van der Waals surface area contributed by atoms with Crippen molar-refractivity contribution in [2.75, 3.05) is 51.8 Å². The van der Waals surface area contributed by atoms with Crippen LogP contribution in [0.2, 0.25) is 0 Å². The van der Waals surface area contributed by atoms with Crippen LogP contribution in [0, 0.1) is 11.3 Å². The van der Waals surface area contributed by atoms with Crippen LogP contribution in [0.3, 0.4) is 0 Å². The van der Waals surface area contributed by atoms with E-state index in [2.05, 4.69) is 25.2 Å². The number of nitriles is 1. The van der Waals surface area contributed by atoms with Crippen molar-refractivity contribution in [2.45, 2.75) is 61.7 Å². The molecule has 0 bridgehead atoms. The summed E-state index contributed by atoms with van der Waals surface area (Å²) in [5.74, 6) is -2.32. The molecule has 1 amide bonds. The number of nitrogens with one attached hydrogen (secondary N) is 1. The predicted molar refractivity (Wildman–Crippen MR) is 169 cm³/mol. The molecule has 7 rings (SSSR count). The Balaban J connectivity index is 1.01. The number of pyridine rings is 1. The Kier molecular flexibility index (Phi) is 8.61. The maximum atomic E-state index is 15.1. The van der Waals surface area contributed by atoms with E-state index in [9.17, 15) is 15.2 Å². The number of rotatable bonds is 9. The fourth-order valence-corrected chi connectivity index (χ4v) is 6.60. The molecule has 1 aromatic carbocycles. The summed E-state index contributed by atoms with van der Waals surface area (Å²) >= 11 is 0. The number of methoxy groups -OCH3 is 1. The average Bonchev–Trinajstić information content (AvgIpc) is 3.83. The molecule has 2 aromatic heterocycles. The van der Waals surface area contributed by atoms with Crippen LogP contribution in [-0.2, 0) is 9.53 Å². The summed E-state index contributed by atoms with van der Waals surface area (Å²) in [4.78, 5) is 29.5. The molecule has 5 heterocycles. The van der Waals surface area contributed by atoms with Gasteiger partial charge in [0.25, 0.3) is 5.91 Å². The molecule has 0 radical (unpaired) electrons. The minimum Gasteiger partial charge on any atom is -0.483 e. The Bertz CT molecular complexity index is 1720. The minimum absolute atomic E-state index is 0.0121. The first-order chi connectivity index (χ1) is 23.2. The molecule has 252 valence electrons. The normalized spacial score (nSPS) is 22.3. The molecule has 1 atom stereocenters. The van der Waals surface area contributed by atoms with E-state index in [4.69, 9.17) is 14.2 Å². The number of hydrogen-bond donors (Lipinski definition) is 2. The van der Waals surface area contributed by atoms with E-state index in [1.807, 2.05) is 18.2 Å². The molecule has 14 heteroatoms. The summed E-state index contributed by atoms with van der Waals surface area (Å²) in [6, 6.07) is 12.8. The molecular formula is C34H37F2N7O5. The highest BCUT2D eigenvalue weighted by Crippen LogP contribution is 2.40. The second-order valence-electron chi connectivity index (χ2n) is 12.9. The van der Waals surface area contributed by atoms with Crippen molar-refractivity contribution < 1.29 is 32.9 Å². The fraction of sp³-hybridized carbons (Fsp3) is 0.500. The van der Waals surface area contributed by atoms with Crippen LogP contribution < -0.4 is 14.8 Å². The summed E-state index contributed by atoms with van der Waals surface area (Å²) in [6.07, 6.45) is 2.51. The summed E-state index contributed by atoms with van der Waals surface area (Å²) in [5.41, 5.74) is 0.687. The first-order valence-corrected chi connectivity index (χ1v) is 16.2. The Morgan fingerprint density at radius 1 is 1.10 bits per heavy atom. The highest BCUT2D eigenvalue weighted by molar-refractivity contribution is 5.88. The third-order valence-corrected chi connectivity index (χ3v) is 9.69. The molecule has 1 aliphatic carbocycles. The van der Waals surface area contributed by atoms with Crippen LogP contribution in [0.5, 0.6) is 11.6 Å². The highest BCUT2D eigenvalue weighted by Gasteiger charge is 2.55. The SMILES string of the molecule is COc1nc(Nc2nccc(-c3ccc(OC4CCN(C(=O)C5(O)CC5)CC4(F)F)c(C#N)c3)n2)ccc1C1CCN(C2COC2)CC1. The maximum Gasteiger partial charge on any atom is 0.301 e. The Morgan fingerprint density at radius 3 is 2.56 bits per heavy atom. The number of likely N-dealkylation sites (tertiary alicyclic amines) is 2. The molecule has 48 heavy (non-hydrogen) atoms. The number of hydrogen-bond acceptors (Lipinski definition) is 11. The lowest BCUT2D eigenvalue weighted by Gasteiger charge is -2.41. The lowest BCUT2D eigenvalue weighted by Crippen LogP contribution is -2.57. The van der Waals surface area contributed by atoms with Crippen LogP contribution in [0.15, 0.2) is 42.6 Å². The second kappa shape index (κ2) is 12.9. The number of aliphatic hydroxyl groups is 1. The Labute approximate surface area is 276 Å². The van der Waals surface area contributed by atoms with Crippen molar-refractivity contribution >= 4 is 17.7 Å². The van der Waals surface area contributed by atoms with Crippen LogP contribution in [0.1, 0.15) is 49.1 Å². The van der Waals surface area contributed by atoms with E-state index >= 15 is 8.78 Å². The zero-order chi connectivity index (χ0) is 33.5. The number of amides is 1. The van der Waals surface area contributed by atoms with Crippen LogP contribution in [0.25, 0.3) is 11.3 Å². The molecule has 4 fully saturated rings. The maximum absolute atomic E-state index is 15.1. The number of benzene rings is 1. The van der Waals surface area contributed by atoms with E-state index in [0.29, 0.717) is 34.9 Å². The van der Waals surface area contributed by atoms with Gasteiger partial charge in [0.1, 0.15) is 23.2 Å². The quantitative estimate of drug-likeness (QED) is 0.345. The van der Waals surface area contributed by atoms with Crippen molar-refractivity contribution in [2.24, 2.45) is 0 Å². The van der Waals surface area contributed by atoms with Gasteiger partial charge in [-0.15, -0.1) is 0 Å². The molecular weight excluding hydrogens is 624 g/mol. The van der Waals surface area contributed by atoms with E-state index in [0.717, 1.165) is 49.6 Å². The van der Waals surface area contributed by atoms with E-state index < -0.39 is 30.1 Å². The monoisotopic (exact) mass is 661 g/mol. The summed E-state index contributed by atoms with van der Waals surface area (Å²) in [7, 11) is 1.61. The molecule has 0 spiro atoms. The second-order valence-corrected chi connectivity index (χ2v) is 12.9. The first kappa shape index (κ1) is 32.1. The number of ether oxygens (including phenoxy) is 3. The summed E-state index contributed by atoms with van der Waals surface area (Å²) in [5, 5.41) is 23.1. The van der Waals surface area contributed by atoms with Gasteiger partial charge in [0.15, 0.2) is 6.10 Å². The van der Waals surface area contributed by atoms with E-state index in [1.165, 1.54) is 12.1 Å². The Morgan fingerprint density at radius 2 is 1.90 bits per heavy atom. The number of carbonyl (C=O) groups is 1. The number of aromatic nitrogens is 3. The number of anilines is 2. The minimum atomic E-state index is -3.37. The number of carbonyl (C=O) groups excluding carboxylic acids is 1. The average molecular weight is 662 g/mol. The molecule has 4 aliphatic rings. The number of nitrogens with zero attached hydrogens (tertiary/aromatic N) is 6. The van der Waals surface area contributed by atoms with Gasteiger partial charge in [-0.05, 0) is 81.1 Å². The smallest absolute Gasteiger partial charge is 0.301 e. The lowest BCUT2D eigenvalue weighted by atomic mass is 9.89.